The summed E-state index contributed by atoms with van der Waals surface area (Å²) in [5, 5.41) is 10.8. The summed E-state index contributed by atoms with van der Waals surface area (Å²) in [6.07, 6.45) is 7.37. The molecule has 0 aliphatic heterocycles. The fourth-order valence-electron chi connectivity index (χ4n) is 2.15. The molecule has 1 aromatic carbocycles. The Balaban J connectivity index is 1.97. The van der Waals surface area contributed by atoms with Crippen LogP contribution in [0.1, 0.15) is 51.0 Å². The number of hydrogen-bond donors (Lipinski definition) is 1. The van der Waals surface area contributed by atoms with Crippen LogP contribution in [0.3, 0.4) is 0 Å². The number of aryl methyl sites for hydroxylation is 1. The molecule has 3 heteroatoms. The van der Waals surface area contributed by atoms with Crippen molar-refractivity contribution in [2.24, 2.45) is 0 Å². The molecule has 0 spiro atoms. The van der Waals surface area contributed by atoms with Crippen molar-refractivity contribution in [1.29, 1.82) is 0 Å². The molecule has 21 heavy (non-hydrogen) atoms. The minimum absolute atomic E-state index is 0.314. The number of benzene rings is 1. The SMILES string of the molecule is CCCCCCCCOCC(O)C[Se]c1cccc(C)c1. The third-order valence-corrected chi connectivity index (χ3v) is 5.77. The van der Waals surface area contributed by atoms with Gasteiger partial charge in [0.15, 0.2) is 0 Å². The average molecular weight is 357 g/mol. The molecule has 1 unspecified atom stereocenters. The first kappa shape index (κ1) is 18.7. The van der Waals surface area contributed by atoms with E-state index in [-0.39, 0.29) is 6.10 Å². The molecule has 1 N–H and O–H groups in total. The van der Waals surface area contributed by atoms with Crippen molar-refractivity contribution in [3.8, 4) is 0 Å². The second-order valence-electron chi connectivity index (χ2n) is 5.62. The van der Waals surface area contributed by atoms with E-state index < -0.39 is 0 Å². The van der Waals surface area contributed by atoms with Crippen LogP contribution in [0.4, 0.5) is 0 Å². The van der Waals surface area contributed by atoms with Gasteiger partial charge < -0.3 is 0 Å². The van der Waals surface area contributed by atoms with Crippen LogP contribution in [0.25, 0.3) is 0 Å². The molecule has 0 bridgehead atoms. The van der Waals surface area contributed by atoms with E-state index in [0.29, 0.717) is 21.6 Å². The van der Waals surface area contributed by atoms with E-state index >= 15 is 0 Å². The number of hydrogen-bond acceptors (Lipinski definition) is 2. The number of unbranched alkanes of at least 4 members (excludes halogenated alkanes) is 5. The Kier molecular flexibility index (Phi) is 10.9. The van der Waals surface area contributed by atoms with Crippen molar-refractivity contribution in [3.63, 3.8) is 0 Å². The van der Waals surface area contributed by atoms with Gasteiger partial charge in [0.05, 0.1) is 0 Å². The molecule has 0 saturated carbocycles. The Morgan fingerprint density at radius 3 is 2.67 bits per heavy atom. The molecular formula is C18H30O2Se. The standard InChI is InChI=1S/C18H30O2Se/c1-3-4-5-6-7-8-12-20-14-17(19)15-21-18-11-9-10-16(2)13-18/h9-11,13,17,19H,3-8,12,14-15H2,1-2H3. The third kappa shape index (κ3) is 10.1. The predicted molar refractivity (Wildman–Crippen MR) is 91.6 cm³/mol. The van der Waals surface area contributed by atoms with Gasteiger partial charge in [-0.25, -0.2) is 0 Å². The molecule has 2 nitrogen and oxygen atoms in total. The number of aliphatic hydroxyl groups excluding tert-OH is 1. The summed E-state index contributed by atoms with van der Waals surface area (Å²) < 4.78 is 6.93. The molecule has 0 amide bonds. The van der Waals surface area contributed by atoms with Gasteiger partial charge in [0.2, 0.25) is 0 Å². The zero-order valence-electron chi connectivity index (χ0n) is 13.5. The van der Waals surface area contributed by atoms with Gasteiger partial charge in [-0.05, 0) is 0 Å². The molecule has 1 atom stereocenters. The molecule has 0 aromatic heterocycles. The second-order valence-corrected chi connectivity index (χ2v) is 7.92. The van der Waals surface area contributed by atoms with Crippen molar-refractivity contribution in [1.82, 2.24) is 0 Å². The number of ether oxygens (including phenoxy) is 1. The van der Waals surface area contributed by atoms with E-state index in [0.717, 1.165) is 18.3 Å². The fraction of sp³-hybridized carbons (Fsp3) is 0.667. The van der Waals surface area contributed by atoms with Crippen LogP contribution in [0, 0.1) is 6.92 Å². The zero-order chi connectivity index (χ0) is 15.3. The summed E-state index contributed by atoms with van der Waals surface area (Å²) in [6.45, 7) is 5.63. The van der Waals surface area contributed by atoms with Gasteiger partial charge in [0, 0.05) is 0 Å². The van der Waals surface area contributed by atoms with Crippen molar-refractivity contribution in [3.05, 3.63) is 29.8 Å². The van der Waals surface area contributed by atoms with Gasteiger partial charge in [-0.15, -0.1) is 0 Å². The van der Waals surface area contributed by atoms with Crippen molar-refractivity contribution < 1.29 is 9.84 Å². The number of rotatable bonds is 12. The maximum atomic E-state index is 9.94. The van der Waals surface area contributed by atoms with Gasteiger partial charge >= 0.3 is 136 Å². The van der Waals surface area contributed by atoms with E-state index in [4.69, 9.17) is 4.74 Å². The molecule has 0 aliphatic rings. The third-order valence-electron chi connectivity index (χ3n) is 3.38. The first-order valence-corrected chi connectivity index (χ1v) is 10.2. The maximum absolute atomic E-state index is 9.94. The summed E-state index contributed by atoms with van der Waals surface area (Å²) in [5.41, 5.74) is 1.29. The van der Waals surface area contributed by atoms with E-state index in [1.807, 2.05) is 0 Å². The van der Waals surface area contributed by atoms with E-state index in [2.05, 4.69) is 38.1 Å². The van der Waals surface area contributed by atoms with Crippen molar-refractivity contribution in [2.75, 3.05) is 13.2 Å². The van der Waals surface area contributed by atoms with Crippen molar-refractivity contribution >= 4 is 19.4 Å². The minimum atomic E-state index is -0.314. The molecule has 0 radical (unpaired) electrons. The molecule has 0 aliphatic carbocycles. The summed E-state index contributed by atoms with van der Waals surface area (Å²) in [4.78, 5) is 0. The van der Waals surface area contributed by atoms with E-state index in [1.54, 1.807) is 0 Å². The first-order valence-electron chi connectivity index (χ1n) is 8.17. The van der Waals surface area contributed by atoms with Gasteiger partial charge in [-0.2, -0.15) is 0 Å². The van der Waals surface area contributed by atoms with Crippen LogP contribution in [0.15, 0.2) is 24.3 Å². The van der Waals surface area contributed by atoms with Crippen LogP contribution >= 0.6 is 0 Å². The summed E-state index contributed by atoms with van der Waals surface area (Å²) >= 11 is 0.342. The average Bonchev–Trinajstić information content (AvgIpc) is 2.48. The molecule has 120 valence electrons. The summed E-state index contributed by atoms with van der Waals surface area (Å²) in [7, 11) is 0. The zero-order valence-corrected chi connectivity index (χ0v) is 15.2. The fourth-order valence-corrected chi connectivity index (χ4v) is 4.09. The Bertz CT molecular complexity index is 368. The Morgan fingerprint density at radius 2 is 1.90 bits per heavy atom. The molecule has 0 saturated heterocycles. The summed E-state index contributed by atoms with van der Waals surface area (Å²) in [5.74, 6) is 0. The van der Waals surface area contributed by atoms with Gasteiger partial charge in [0.25, 0.3) is 0 Å². The molecule has 0 heterocycles. The molecule has 0 fully saturated rings. The normalized spacial score (nSPS) is 12.5. The predicted octanol–water partition coefficient (Wildman–Crippen LogP) is 3.48. The molecule has 1 aromatic rings. The van der Waals surface area contributed by atoms with Crippen LogP contribution in [-0.4, -0.2) is 39.4 Å². The van der Waals surface area contributed by atoms with Gasteiger partial charge in [-0.3, -0.25) is 0 Å². The van der Waals surface area contributed by atoms with Crippen LogP contribution < -0.4 is 4.46 Å². The van der Waals surface area contributed by atoms with E-state index in [9.17, 15) is 5.11 Å². The Morgan fingerprint density at radius 1 is 1.14 bits per heavy atom. The molecule has 1 rings (SSSR count). The monoisotopic (exact) mass is 358 g/mol. The number of aliphatic hydroxyl groups is 1. The van der Waals surface area contributed by atoms with Gasteiger partial charge in [-0.1, -0.05) is 0 Å². The topological polar surface area (TPSA) is 29.5 Å². The van der Waals surface area contributed by atoms with Crippen LogP contribution in [0.5, 0.6) is 0 Å². The van der Waals surface area contributed by atoms with E-state index in [1.165, 1.54) is 42.1 Å². The summed E-state index contributed by atoms with van der Waals surface area (Å²) in [6, 6.07) is 8.56. The van der Waals surface area contributed by atoms with Crippen LogP contribution in [-0.2, 0) is 4.74 Å². The quantitative estimate of drug-likeness (QED) is 0.458. The first-order chi connectivity index (χ1) is 10.2. The van der Waals surface area contributed by atoms with Crippen LogP contribution in [0.2, 0.25) is 5.32 Å². The van der Waals surface area contributed by atoms with Crippen molar-refractivity contribution in [2.45, 2.75) is 63.8 Å². The Hall–Kier alpha value is -0.341. The Labute approximate surface area is 136 Å². The molecular weight excluding hydrogens is 327 g/mol. The second kappa shape index (κ2) is 12.2. The van der Waals surface area contributed by atoms with Gasteiger partial charge in [0.1, 0.15) is 0 Å².